The third kappa shape index (κ3) is 1.53. The van der Waals surface area contributed by atoms with Gasteiger partial charge in [-0.2, -0.15) is 0 Å². The molecule has 0 fully saturated rings. The van der Waals surface area contributed by atoms with Crippen molar-refractivity contribution in [3.63, 3.8) is 0 Å². The highest BCUT2D eigenvalue weighted by Gasteiger charge is 2.01. The Morgan fingerprint density at radius 1 is 1.50 bits per heavy atom. The molecule has 0 amide bonds. The molecule has 0 spiro atoms. The monoisotopic (exact) mass is 188 g/mol. The predicted octanol–water partition coefficient (Wildman–Crippen LogP) is 1.77. The Labute approximate surface area is 82.4 Å². The molecule has 0 saturated heterocycles. The molecule has 0 unspecified atom stereocenters. The van der Waals surface area contributed by atoms with E-state index in [9.17, 15) is 4.79 Å². The second kappa shape index (κ2) is 3.25. The molecule has 0 aliphatic heterocycles. The number of carbonyl (C=O) groups is 1. The maximum Gasteiger partial charge on any atom is 0.134 e. The highest BCUT2D eigenvalue weighted by Crippen LogP contribution is 2.09. The standard InChI is InChI=1S/C11H12N2O/c1-8(14)5-10-3-4-11-6-12-9(2)13(11)7-10/h3-4,6-7H,5H2,1-2H3. The zero-order valence-electron chi connectivity index (χ0n) is 8.32. The van der Waals surface area contributed by atoms with Crippen molar-refractivity contribution in [1.29, 1.82) is 0 Å². The van der Waals surface area contributed by atoms with Crippen molar-refractivity contribution in [2.75, 3.05) is 0 Å². The molecule has 0 atom stereocenters. The summed E-state index contributed by atoms with van der Waals surface area (Å²) in [6, 6.07) is 3.95. The van der Waals surface area contributed by atoms with Gasteiger partial charge in [0.05, 0.1) is 11.7 Å². The molecule has 0 N–H and O–H groups in total. The van der Waals surface area contributed by atoms with E-state index in [0.29, 0.717) is 6.42 Å². The van der Waals surface area contributed by atoms with E-state index in [1.165, 1.54) is 0 Å². The Kier molecular flexibility index (Phi) is 2.08. The Morgan fingerprint density at radius 3 is 3.00 bits per heavy atom. The van der Waals surface area contributed by atoms with E-state index < -0.39 is 0 Å². The van der Waals surface area contributed by atoms with Crippen molar-refractivity contribution in [2.45, 2.75) is 20.3 Å². The fourth-order valence-corrected chi connectivity index (χ4v) is 1.56. The van der Waals surface area contributed by atoms with Gasteiger partial charge in [0.2, 0.25) is 0 Å². The first kappa shape index (κ1) is 8.94. The maximum atomic E-state index is 10.9. The van der Waals surface area contributed by atoms with Crippen LogP contribution in [0.5, 0.6) is 0 Å². The van der Waals surface area contributed by atoms with Gasteiger partial charge in [0, 0.05) is 12.6 Å². The number of hydrogen-bond donors (Lipinski definition) is 0. The van der Waals surface area contributed by atoms with Crippen molar-refractivity contribution >= 4 is 11.3 Å². The molecule has 14 heavy (non-hydrogen) atoms. The lowest BCUT2D eigenvalue weighted by atomic mass is 10.1. The Balaban J connectivity index is 2.49. The molecule has 2 aromatic rings. The lowest BCUT2D eigenvalue weighted by Gasteiger charge is -2.00. The Bertz CT molecular complexity index is 485. The summed E-state index contributed by atoms with van der Waals surface area (Å²) in [7, 11) is 0. The quantitative estimate of drug-likeness (QED) is 0.719. The van der Waals surface area contributed by atoms with Gasteiger partial charge in [-0.25, -0.2) is 4.98 Å². The van der Waals surface area contributed by atoms with Crippen molar-refractivity contribution < 1.29 is 4.79 Å². The van der Waals surface area contributed by atoms with E-state index in [0.717, 1.165) is 16.9 Å². The van der Waals surface area contributed by atoms with Crippen molar-refractivity contribution in [3.05, 3.63) is 35.9 Å². The van der Waals surface area contributed by atoms with Crippen LogP contribution in [0.3, 0.4) is 0 Å². The summed E-state index contributed by atoms with van der Waals surface area (Å²) in [5.74, 6) is 1.13. The van der Waals surface area contributed by atoms with Gasteiger partial charge in [0.15, 0.2) is 0 Å². The maximum absolute atomic E-state index is 10.9. The first-order chi connectivity index (χ1) is 6.66. The molecule has 2 aromatic heterocycles. The van der Waals surface area contributed by atoms with Crippen LogP contribution in [0.4, 0.5) is 0 Å². The summed E-state index contributed by atoms with van der Waals surface area (Å²) in [5.41, 5.74) is 2.10. The van der Waals surface area contributed by atoms with Crippen LogP contribution < -0.4 is 0 Å². The normalized spacial score (nSPS) is 10.7. The van der Waals surface area contributed by atoms with Crippen LogP contribution >= 0.6 is 0 Å². The number of hydrogen-bond acceptors (Lipinski definition) is 2. The third-order valence-corrected chi connectivity index (χ3v) is 2.23. The van der Waals surface area contributed by atoms with Crippen molar-refractivity contribution in [1.82, 2.24) is 9.38 Å². The number of rotatable bonds is 2. The van der Waals surface area contributed by atoms with Crippen LogP contribution in [0.25, 0.3) is 5.52 Å². The number of Topliss-reactive ketones (excluding diaryl/α,β-unsaturated/α-hetero) is 1. The fraction of sp³-hybridized carbons (Fsp3) is 0.273. The molecule has 0 aliphatic rings. The van der Waals surface area contributed by atoms with E-state index in [1.807, 2.05) is 35.9 Å². The summed E-state index contributed by atoms with van der Waals surface area (Å²) >= 11 is 0. The predicted molar refractivity (Wildman–Crippen MR) is 54.3 cm³/mol. The van der Waals surface area contributed by atoms with Crippen LogP contribution in [0.15, 0.2) is 24.5 Å². The van der Waals surface area contributed by atoms with E-state index in [4.69, 9.17) is 0 Å². The number of aryl methyl sites for hydroxylation is 1. The minimum atomic E-state index is 0.183. The van der Waals surface area contributed by atoms with Gasteiger partial charge in [0.1, 0.15) is 11.6 Å². The van der Waals surface area contributed by atoms with Gasteiger partial charge in [-0.15, -0.1) is 0 Å². The fourth-order valence-electron chi connectivity index (χ4n) is 1.56. The van der Waals surface area contributed by atoms with Gasteiger partial charge in [0.25, 0.3) is 0 Å². The van der Waals surface area contributed by atoms with Gasteiger partial charge >= 0.3 is 0 Å². The first-order valence-corrected chi connectivity index (χ1v) is 4.59. The molecule has 0 saturated carbocycles. The third-order valence-electron chi connectivity index (χ3n) is 2.23. The zero-order chi connectivity index (χ0) is 10.1. The second-order valence-electron chi connectivity index (χ2n) is 3.52. The molecule has 2 heterocycles. The van der Waals surface area contributed by atoms with Gasteiger partial charge in [-0.1, -0.05) is 6.07 Å². The lowest BCUT2D eigenvalue weighted by Crippen LogP contribution is -1.98. The minimum Gasteiger partial charge on any atom is -0.304 e. The summed E-state index contributed by atoms with van der Waals surface area (Å²) in [5, 5.41) is 0. The number of imidazole rings is 1. The van der Waals surface area contributed by atoms with Gasteiger partial charge < -0.3 is 4.40 Å². The molecule has 2 rings (SSSR count). The molecule has 3 heteroatoms. The number of carbonyl (C=O) groups excluding carboxylic acids is 1. The van der Waals surface area contributed by atoms with Gasteiger partial charge in [-0.05, 0) is 25.5 Å². The molecular weight excluding hydrogens is 176 g/mol. The number of pyridine rings is 1. The molecule has 72 valence electrons. The van der Waals surface area contributed by atoms with E-state index in [-0.39, 0.29) is 5.78 Å². The van der Waals surface area contributed by atoms with Crippen LogP contribution in [-0.2, 0) is 11.2 Å². The summed E-state index contributed by atoms with van der Waals surface area (Å²) in [6.07, 6.45) is 4.29. The molecule has 0 bridgehead atoms. The van der Waals surface area contributed by atoms with Crippen molar-refractivity contribution in [2.24, 2.45) is 0 Å². The van der Waals surface area contributed by atoms with Crippen molar-refractivity contribution in [3.8, 4) is 0 Å². The average molecular weight is 188 g/mol. The number of nitrogens with zero attached hydrogens (tertiary/aromatic N) is 2. The first-order valence-electron chi connectivity index (χ1n) is 4.59. The topological polar surface area (TPSA) is 34.4 Å². The number of ketones is 1. The largest absolute Gasteiger partial charge is 0.304 e. The SMILES string of the molecule is CC(=O)Cc1ccc2cnc(C)n2c1. The van der Waals surface area contributed by atoms with Gasteiger partial charge in [-0.3, -0.25) is 4.79 Å². The molecular formula is C11H12N2O. The highest BCUT2D eigenvalue weighted by atomic mass is 16.1. The summed E-state index contributed by atoms with van der Waals surface area (Å²) in [4.78, 5) is 15.1. The van der Waals surface area contributed by atoms with Crippen LogP contribution in [0.1, 0.15) is 18.3 Å². The molecule has 3 nitrogen and oxygen atoms in total. The van der Waals surface area contributed by atoms with E-state index in [1.54, 1.807) is 6.92 Å². The van der Waals surface area contributed by atoms with Crippen LogP contribution in [-0.4, -0.2) is 15.2 Å². The van der Waals surface area contributed by atoms with Crippen LogP contribution in [0, 0.1) is 6.92 Å². The van der Waals surface area contributed by atoms with Crippen LogP contribution in [0.2, 0.25) is 0 Å². The minimum absolute atomic E-state index is 0.183. The number of aromatic nitrogens is 2. The highest BCUT2D eigenvalue weighted by molar-refractivity contribution is 5.78. The number of fused-ring (bicyclic) bond motifs is 1. The average Bonchev–Trinajstić information content (AvgIpc) is 2.47. The molecule has 0 aromatic carbocycles. The Morgan fingerprint density at radius 2 is 2.29 bits per heavy atom. The zero-order valence-corrected chi connectivity index (χ0v) is 8.32. The smallest absolute Gasteiger partial charge is 0.134 e. The molecule has 0 aliphatic carbocycles. The summed E-state index contributed by atoms with van der Waals surface area (Å²) in [6.45, 7) is 3.55. The van der Waals surface area contributed by atoms with E-state index in [2.05, 4.69) is 4.98 Å². The Hall–Kier alpha value is -1.64. The molecule has 0 radical (unpaired) electrons. The lowest BCUT2D eigenvalue weighted by molar-refractivity contribution is -0.116. The van der Waals surface area contributed by atoms with E-state index >= 15 is 0 Å². The second-order valence-corrected chi connectivity index (χ2v) is 3.52. The summed E-state index contributed by atoms with van der Waals surface area (Å²) < 4.78 is 2.00.